The highest BCUT2D eigenvalue weighted by Crippen LogP contribution is 2.48. The first-order valence-electron chi connectivity index (χ1n) is 7.39. The quantitative estimate of drug-likeness (QED) is 0.861. The van der Waals surface area contributed by atoms with Crippen LogP contribution in [0.5, 0.6) is 11.5 Å². The van der Waals surface area contributed by atoms with Crippen molar-refractivity contribution < 1.29 is 14.3 Å². The van der Waals surface area contributed by atoms with Gasteiger partial charge in [-0.2, -0.15) is 0 Å². The molecule has 2 aliphatic rings. The van der Waals surface area contributed by atoms with Crippen molar-refractivity contribution in [2.45, 2.75) is 37.5 Å². The summed E-state index contributed by atoms with van der Waals surface area (Å²) in [6.07, 6.45) is 6.23. The van der Waals surface area contributed by atoms with Crippen molar-refractivity contribution in [2.24, 2.45) is 5.73 Å². The first-order valence-corrected chi connectivity index (χ1v) is 7.39. The maximum Gasteiger partial charge on any atom is 0.171 e. The van der Waals surface area contributed by atoms with Gasteiger partial charge >= 0.3 is 0 Å². The fraction of sp³-hybridized carbons (Fsp3) is 0.562. The molecule has 1 saturated carbocycles. The first-order chi connectivity index (χ1) is 9.80. The topological polar surface area (TPSA) is 61.6 Å². The van der Waals surface area contributed by atoms with Crippen molar-refractivity contribution in [3.05, 3.63) is 23.3 Å². The van der Waals surface area contributed by atoms with Gasteiger partial charge in [0.2, 0.25) is 0 Å². The van der Waals surface area contributed by atoms with Gasteiger partial charge in [-0.15, -0.1) is 0 Å². The summed E-state index contributed by atoms with van der Waals surface area (Å²) in [5.74, 6) is 1.36. The van der Waals surface area contributed by atoms with E-state index in [0.717, 1.165) is 36.9 Å². The molecule has 108 valence electrons. The zero-order chi connectivity index (χ0) is 14.0. The van der Waals surface area contributed by atoms with Crippen molar-refractivity contribution in [3.63, 3.8) is 0 Å². The molecule has 1 fully saturated rings. The van der Waals surface area contributed by atoms with Gasteiger partial charge in [0.15, 0.2) is 17.8 Å². The lowest BCUT2D eigenvalue weighted by Gasteiger charge is -2.30. The van der Waals surface area contributed by atoms with Gasteiger partial charge in [0.05, 0.1) is 18.8 Å². The molecule has 1 heterocycles. The van der Waals surface area contributed by atoms with Gasteiger partial charge in [-0.3, -0.25) is 4.79 Å². The summed E-state index contributed by atoms with van der Waals surface area (Å²) in [5.41, 5.74) is 7.75. The number of carbonyl (C=O) groups is 1. The molecule has 0 atom stereocenters. The molecule has 1 aromatic rings. The van der Waals surface area contributed by atoms with Crippen molar-refractivity contribution in [1.29, 1.82) is 0 Å². The van der Waals surface area contributed by atoms with Crippen LogP contribution in [0.1, 0.15) is 48.0 Å². The standard InChI is InChI=1S/C16H21NO3/c17-11-16(6-1-2-7-16)13-5-4-12(10-18)14-15(13)20-9-3-8-19-14/h4-5,10H,1-3,6-9,11,17H2. The van der Waals surface area contributed by atoms with E-state index in [9.17, 15) is 4.79 Å². The van der Waals surface area contributed by atoms with Crippen LogP contribution in [-0.4, -0.2) is 26.0 Å². The molecular weight excluding hydrogens is 254 g/mol. The molecule has 4 heteroatoms. The highest BCUT2D eigenvalue weighted by atomic mass is 16.5. The van der Waals surface area contributed by atoms with E-state index in [-0.39, 0.29) is 5.41 Å². The van der Waals surface area contributed by atoms with Crippen LogP contribution in [0.3, 0.4) is 0 Å². The van der Waals surface area contributed by atoms with Gasteiger partial charge in [0, 0.05) is 23.9 Å². The number of rotatable bonds is 3. The number of carbonyl (C=O) groups excluding carboxylic acids is 1. The molecule has 1 aromatic carbocycles. The lowest BCUT2D eigenvalue weighted by molar-refractivity contribution is 0.111. The summed E-state index contributed by atoms with van der Waals surface area (Å²) in [4.78, 5) is 11.2. The number of hydrogen-bond acceptors (Lipinski definition) is 4. The van der Waals surface area contributed by atoms with E-state index >= 15 is 0 Å². The Morgan fingerprint density at radius 1 is 1.10 bits per heavy atom. The van der Waals surface area contributed by atoms with Gasteiger partial charge in [-0.25, -0.2) is 0 Å². The van der Waals surface area contributed by atoms with Gasteiger partial charge in [-0.1, -0.05) is 18.9 Å². The van der Waals surface area contributed by atoms with Crippen LogP contribution in [-0.2, 0) is 5.41 Å². The Balaban J connectivity index is 2.14. The van der Waals surface area contributed by atoms with Crippen LogP contribution in [0.25, 0.3) is 0 Å². The number of ether oxygens (including phenoxy) is 2. The van der Waals surface area contributed by atoms with Crippen LogP contribution >= 0.6 is 0 Å². The average Bonchev–Trinajstić information content (AvgIpc) is 2.84. The molecule has 0 aromatic heterocycles. The molecule has 0 amide bonds. The van der Waals surface area contributed by atoms with E-state index < -0.39 is 0 Å². The second kappa shape index (κ2) is 5.44. The molecule has 0 spiro atoms. The molecule has 0 bridgehead atoms. The molecule has 1 aliphatic carbocycles. The second-order valence-corrected chi connectivity index (χ2v) is 5.72. The smallest absolute Gasteiger partial charge is 0.171 e. The Morgan fingerprint density at radius 2 is 1.80 bits per heavy atom. The second-order valence-electron chi connectivity index (χ2n) is 5.72. The van der Waals surface area contributed by atoms with E-state index in [1.165, 1.54) is 12.8 Å². The SMILES string of the molecule is NCC1(c2ccc(C=O)c3c2OCCCO3)CCCC1. The summed E-state index contributed by atoms with van der Waals surface area (Å²) >= 11 is 0. The fourth-order valence-corrected chi connectivity index (χ4v) is 3.42. The largest absolute Gasteiger partial charge is 0.489 e. The lowest BCUT2D eigenvalue weighted by atomic mass is 9.78. The Bertz CT molecular complexity index is 507. The van der Waals surface area contributed by atoms with Crippen molar-refractivity contribution in [1.82, 2.24) is 0 Å². The Labute approximate surface area is 119 Å². The average molecular weight is 275 g/mol. The number of benzene rings is 1. The van der Waals surface area contributed by atoms with Crippen LogP contribution < -0.4 is 15.2 Å². The lowest BCUT2D eigenvalue weighted by Crippen LogP contribution is -2.32. The van der Waals surface area contributed by atoms with Crippen LogP contribution in [0.2, 0.25) is 0 Å². The molecular formula is C16H21NO3. The van der Waals surface area contributed by atoms with E-state index in [1.807, 2.05) is 12.1 Å². The van der Waals surface area contributed by atoms with Crippen LogP contribution in [0, 0.1) is 0 Å². The molecule has 0 unspecified atom stereocenters. The predicted molar refractivity (Wildman–Crippen MR) is 76.6 cm³/mol. The highest BCUT2D eigenvalue weighted by molar-refractivity contribution is 5.82. The van der Waals surface area contributed by atoms with Gasteiger partial charge in [-0.05, 0) is 18.9 Å². The molecule has 1 aliphatic heterocycles. The maximum absolute atomic E-state index is 11.2. The zero-order valence-electron chi connectivity index (χ0n) is 11.7. The number of aldehydes is 1. The van der Waals surface area contributed by atoms with E-state index in [1.54, 1.807) is 0 Å². The fourth-order valence-electron chi connectivity index (χ4n) is 3.42. The first kappa shape index (κ1) is 13.4. The minimum absolute atomic E-state index is 0.0147. The molecule has 3 rings (SSSR count). The van der Waals surface area contributed by atoms with E-state index in [0.29, 0.717) is 31.1 Å². The third-order valence-corrected chi connectivity index (χ3v) is 4.57. The van der Waals surface area contributed by atoms with Crippen LogP contribution in [0.4, 0.5) is 0 Å². The normalized spacial score (nSPS) is 20.4. The summed E-state index contributed by atoms with van der Waals surface area (Å²) in [6.45, 7) is 1.83. The number of nitrogens with two attached hydrogens (primary N) is 1. The van der Waals surface area contributed by atoms with Crippen molar-refractivity contribution in [3.8, 4) is 11.5 Å². The van der Waals surface area contributed by atoms with Crippen molar-refractivity contribution >= 4 is 6.29 Å². The molecule has 20 heavy (non-hydrogen) atoms. The predicted octanol–water partition coefficient (Wildman–Crippen LogP) is 2.43. The Kier molecular flexibility index (Phi) is 3.66. The summed E-state index contributed by atoms with van der Waals surface area (Å²) in [6, 6.07) is 3.85. The number of fused-ring (bicyclic) bond motifs is 1. The third kappa shape index (κ3) is 2.08. The minimum Gasteiger partial charge on any atom is -0.489 e. The van der Waals surface area contributed by atoms with E-state index in [4.69, 9.17) is 15.2 Å². The van der Waals surface area contributed by atoms with Crippen molar-refractivity contribution in [2.75, 3.05) is 19.8 Å². The molecule has 0 radical (unpaired) electrons. The Hall–Kier alpha value is -1.55. The van der Waals surface area contributed by atoms with Gasteiger partial charge < -0.3 is 15.2 Å². The molecule has 2 N–H and O–H groups in total. The van der Waals surface area contributed by atoms with Crippen LogP contribution in [0.15, 0.2) is 12.1 Å². The third-order valence-electron chi connectivity index (χ3n) is 4.57. The summed E-state index contributed by atoms with van der Waals surface area (Å²) in [5, 5.41) is 0. The zero-order valence-corrected chi connectivity index (χ0v) is 11.7. The number of hydrogen-bond donors (Lipinski definition) is 1. The van der Waals surface area contributed by atoms with Gasteiger partial charge in [0.25, 0.3) is 0 Å². The minimum atomic E-state index is -0.0147. The molecule has 0 saturated heterocycles. The Morgan fingerprint density at radius 3 is 2.45 bits per heavy atom. The highest BCUT2D eigenvalue weighted by Gasteiger charge is 2.38. The monoisotopic (exact) mass is 275 g/mol. The summed E-state index contributed by atoms with van der Waals surface area (Å²) in [7, 11) is 0. The van der Waals surface area contributed by atoms with Gasteiger partial charge in [0.1, 0.15) is 0 Å². The van der Waals surface area contributed by atoms with E-state index in [2.05, 4.69) is 0 Å². The molecule has 4 nitrogen and oxygen atoms in total. The summed E-state index contributed by atoms with van der Waals surface area (Å²) < 4.78 is 11.7. The maximum atomic E-state index is 11.2.